The van der Waals surface area contributed by atoms with Crippen LogP contribution in [0.3, 0.4) is 0 Å². The Kier molecular flexibility index (Phi) is 27.8. The molecule has 3 heterocycles. The number of benzene rings is 4. The molecule has 3 saturated heterocycles. The van der Waals surface area contributed by atoms with Gasteiger partial charge in [0.2, 0.25) is 0 Å². The number of alkyl carbamates (subject to hydrolysis) is 1. The van der Waals surface area contributed by atoms with Gasteiger partial charge in [-0.1, -0.05) is 76.2 Å². The predicted molar refractivity (Wildman–Crippen MR) is 312 cm³/mol. The number of ether oxygens (including phenoxy) is 7. The summed E-state index contributed by atoms with van der Waals surface area (Å²) in [6, 6.07) is 21.2. The minimum atomic E-state index is -4.97. The standard InChI is InChI=1S/C59H85N3O20S4/c1-43(2)39-56(47-9-17-53(18-10-47)85(70,71)72)58(82-59(63)60-22-21-50-42-62-26-31-78-35-33-76-28-23-61(25-30-80-37-38-81-50)24-29-77-34-36-79-32-27-62)57(48-11-19-54(20-12-48)86(73,74)75)41-49(45-5-13-51(14-6-45)83(64,65)66)40-55(44(3)4)46-7-15-52(16-8-46)84(67,68)69/h5-20,43-44,49-50,55-58H,21-42H2,1-4H3,(H,60,63)(H,64,65,66)(H,67,68,69)(H,70,71,72)(H,73,74,75)/p-4. The maximum atomic E-state index is 14.8. The molecule has 0 saturated carbocycles. The summed E-state index contributed by atoms with van der Waals surface area (Å²) in [5.41, 5.74) is 2.03. The van der Waals surface area contributed by atoms with Crippen molar-refractivity contribution in [2.75, 3.05) is 118 Å². The Bertz CT molecular complexity index is 3140. The van der Waals surface area contributed by atoms with Gasteiger partial charge in [-0.15, -0.1) is 0 Å². The molecule has 1 amide bonds. The normalized spacial score (nSPS) is 20.9. The minimum absolute atomic E-state index is 0.0298. The molecule has 3 fully saturated rings. The number of nitrogens with zero attached hydrogens (tertiary/aromatic N) is 2. The molecule has 6 unspecified atom stereocenters. The van der Waals surface area contributed by atoms with Crippen molar-refractivity contribution in [3.8, 4) is 0 Å². The summed E-state index contributed by atoms with van der Waals surface area (Å²) in [4.78, 5) is 17.2. The molecule has 7 rings (SSSR count). The highest BCUT2D eigenvalue weighted by Gasteiger charge is 2.39. The van der Waals surface area contributed by atoms with E-state index in [0.29, 0.717) is 128 Å². The van der Waals surface area contributed by atoms with Crippen LogP contribution in [0.4, 0.5) is 4.79 Å². The molecule has 2 bridgehead atoms. The zero-order valence-electron chi connectivity index (χ0n) is 49.1. The Morgan fingerprint density at radius 3 is 1.19 bits per heavy atom. The number of hydrogen-bond donors (Lipinski definition) is 1. The van der Waals surface area contributed by atoms with E-state index in [2.05, 4.69) is 15.1 Å². The van der Waals surface area contributed by atoms with Crippen molar-refractivity contribution < 1.29 is 89.8 Å². The molecule has 0 aromatic heterocycles. The van der Waals surface area contributed by atoms with Crippen LogP contribution in [0.1, 0.15) is 99.3 Å². The number of rotatable bonds is 21. The van der Waals surface area contributed by atoms with Crippen LogP contribution in [0.15, 0.2) is 117 Å². The van der Waals surface area contributed by atoms with Gasteiger partial charge in [-0.25, -0.2) is 38.5 Å². The van der Waals surface area contributed by atoms with E-state index in [1.54, 1.807) is 0 Å². The van der Waals surface area contributed by atoms with E-state index in [9.17, 15) is 56.7 Å². The highest BCUT2D eigenvalue weighted by atomic mass is 32.2. The molecule has 0 spiro atoms. The summed E-state index contributed by atoms with van der Waals surface area (Å²) in [7, 11) is -19.6. The average molecular weight is 1280 g/mol. The lowest BCUT2D eigenvalue weighted by atomic mass is 9.71. The van der Waals surface area contributed by atoms with Crippen LogP contribution in [0.5, 0.6) is 0 Å². The summed E-state index contributed by atoms with van der Waals surface area (Å²) in [5.74, 6) is -3.10. The van der Waals surface area contributed by atoms with Crippen LogP contribution in [0.2, 0.25) is 0 Å². The molecule has 0 aliphatic carbocycles. The zero-order valence-corrected chi connectivity index (χ0v) is 52.4. The van der Waals surface area contributed by atoms with Crippen LogP contribution in [-0.2, 0) is 73.6 Å². The lowest BCUT2D eigenvalue weighted by Gasteiger charge is -2.38. The highest BCUT2D eigenvalue weighted by Crippen LogP contribution is 2.46. The van der Waals surface area contributed by atoms with E-state index in [1.807, 2.05) is 27.7 Å². The predicted octanol–water partition coefficient (Wildman–Crippen LogP) is 5.80. The van der Waals surface area contributed by atoms with Gasteiger partial charge < -0.3 is 56.7 Å². The molecule has 1 N–H and O–H groups in total. The van der Waals surface area contributed by atoms with Gasteiger partial charge in [-0.3, -0.25) is 9.80 Å². The van der Waals surface area contributed by atoms with Gasteiger partial charge in [0.25, 0.3) is 0 Å². The second kappa shape index (κ2) is 33.9. The first-order chi connectivity index (χ1) is 40.8. The first kappa shape index (κ1) is 70.6. The number of hydrogen-bond acceptors (Lipinski definition) is 22. The summed E-state index contributed by atoms with van der Waals surface area (Å²) in [5, 5.41) is 2.93. The first-order valence-electron chi connectivity index (χ1n) is 28.9. The number of nitrogens with one attached hydrogen (secondary N) is 1. The Morgan fingerprint density at radius 2 is 0.814 bits per heavy atom. The van der Waals surface area contributed by atoms with Crippen molar-refractivity contribution >= 4 is 46.6 Å². The monoisotopic (exact) mass is 1280 g/mol. The lowest BCUT2D eigenvalue weighted by Crippen LogP contribution is -2.41. The van der Waals surface area contributed by atoms with Crippen LogP contribution in [0.25, 0.3) is 0 Å². The Balaban J connectivity index is 1.41. The number of carbonyl (C=O) groups excluding carboxylic acids is 1. The fourth-order valence-corrected chi connectivity index (χ4v) is 12.7. The molecule has 4 aromatic rings. The van der Waals surface area contributed by atoms with E-state index in [0.717, 1.165) is 24.3 Å². The summed E-state index contributed by atoms with van der Waals surface area (Å²) >= 11 is 0. The summed E-state index contributed by atoms with van der Waals surface area (Å²) < 4.78 is 190. The van der Waals surface area contributed by atoms with Gasteiger partial charge in [0, 0.05) is 57.6 Å². The fourth-order valence-electron chi connectivity index (χ4n) is 10.8. The van der Waals surface area contributed by atoms with E-state index in [1.165, 1.54) is 72.8 Å². The molecule has 23 nitrogen and oxygen atoms in total. The summed E-state index contributed by atoms with van der Waals surface area (Å²) in [6.45, 7) is 15.7. The average Bonchev–Trinajstić information content (AvgIpc) is 1.39. The van der Waals surface area contributed by atoms with Crippen molar-refractivity contribution in [1.29, 1.82) is 0 Å². The van der Waals surface area contributed by atoms with Gasteiger partial charge in [-0.05, 0) is 120 Å². The second-order valence-corrected chi connectivity index (χ2v) is 27.8. The molecular weight excluding hydrogens is 1200 g/mol. The van der Waals surface area contributed by atoms with Gasteiger partial charge in [0.15, 0.2) is 0 Å². The van der Waals surface area contributed by atoms with Crippen molar-refractivity contribution in [3.05, 3.63) is 119 Å². The summed E-state index contributed by atoms with van der Waals surface area (Å²) in [6.07, 6.45) is -1.71. The van der Waals surface area contributed by atoms with E-state index in [-0.39, 0.29) is 50.7 Å². The number of amides is 1. The molecule has 6 atom stereocenters. The molecular formula is C59H81N3O20S4-4. The Morgan fingerprint density at radius 1 is 0.477 bits per heavy atom. The SMILES string of the molecule is CC(C)CC(c1ccc(S(=O)(=O)[O-])cc1)C(OC(=O)NCCC1CN2CCOCCOCCN(CCOCCOCC2)CCOCCO1)C(CC(CC(c1ccc(S(=O)(=O)[O-])cc1)C(C)C)c1ccc(S(=O)(=O)[O-])cc1)c1ccc(S(=O)(=O)[O-])cc1. The third-order valence-electron chi connectivity index (χ3n) is 15.4. The van der Waals surface area contributed by atoms with Crippen LogP contribution >= 0.6 is 0 Å². The molecule has 480 valence electrons. The van der Waals surface area contributed by atoms with Gasteiger partial charge in [0.1, 0.15) is 46.6 Å². The molecule has 3 aliphatic rings. The molecule has 86 heavy (non-hydrogen) atoms. The minimum Gasteiger partial charge on any atom is -0.744 e. The van der Waals surface area contributed by atoms with Crippen molar-refractivity contribution in [2.24, 2.45) is 11.8 Å². The molecule has 3 aliphatic heterocycles. The highest BCUT2D eigenvalue weighted by molar-refractivity contribution is 7.86. The van der Waals surface area contributed by atoms with E-state index in [4.69, 9.17) is 33.2 Å². The Hall–Kier alpha value is -4.53. The van der Waals surface area contributed by atoms with Crippen LogP contribution in [-0.4, -0.2) is 198 Å². The maximum Gasteiger partial charge on any atom is 0.407 e. The van der Waals surface area contributed by atoms with Crippen LogP contribution in [0, 0.1) is 11.8 Å². The molecule has 27 heteroatoms. The first-order valence-corrected chi connectivity index (χ1v) is 34.5. The Labute approximate surface area is 507 Å². The van der Waals surface area contributed by atoms with Gasteiger partial charge >= 0.3 is 6.09 Å². The maximum absolute atomic E-state index is 14.8. The zero-order chi connectivity index (χ0) is 62.5. The van der Waals surface area contributed by atoms with E-state index >= 15 is 0 Å². The fraction of sp³-hybridized carbons (Fsp3) is 0.576. The van der Waals surface area contributed by atoms with Gasteiger partial charge in [0.05, 0.1) is 98.4 Å². The second-order valence-electron chi connectivity index (χ2n) is 22.2. The smallest absolute Gasteiger partial charge is 0.407 e. The van der Waals surface area contributed by atoms with Gasteiger partial charge in [-0.2, -0.15) is 0 Å². The number of carbonyl (C=O) groups is 1. The van der Waals surface area contributed by atoms with Crippen LogP contribution < -0.4 is 5.32 Å². The molecule has 4 aromatic carbocycles. The topological polar surface area (TPSA) is 329 Å². The number of fused-ring (bicyclic) bond motifs is 21. The quantitative estimate of drug-likeness (QED) is 0.0962. The largest absolute Gasteiger partial charge is 0.744 e. The van der Waals surface area contributed by atoms with E-state index < -0.39 is 102 Å². The third kappa shape index (κ3) is 23.4. The van der Waals surface area contributed by atoms with Crippen molar-refractivity contribution in [1.82, 2.24) is 15.1 Å². The lowest BCUT2D eigenvalue weighted by molar-refractivity contribution is -0.0347. The van der Waals surface area contributed by atoms with Crippen molar-refractivity contribution in [2.45, 2.75) is 109 Å². The van der Waals surface area contributed by atoms with Crippen molar-refractivity contribution in [3.63, 3.8) is 0 Å². The molecule has 0 radical (unpaired) electrons. The third-order valence-corrected chi connectivity index (χ3v) is 18.8.